The summed E-state index contributed by atoms with van der Waals surface area (Å²) in [4.78, 5) is 16.1. The highest BCUT2D eigenvalue weighted by Gasteiger charge is 2.23. The third-order valence-electron chi connectivity index (χ3n) is 7.73. The lowest BCUT2D eigenvalue weighted by molar-refractivity contribution is 0.0521. The van der Waals surface area contributed by atoms with E-state index in [0.29, 0.717) is 11.6 Å². The van der Waals surface area contributed by atoms with E-state index < -0.39 is 16.0 Å². The lowest BCUT2D eigenvalue weighted by Crippen LogP contribution is -2.22. The van der Waals surface area contributed by atoms with Crippen LogP contribution in [0.4, 0.5) is 0 Å². The van der Waals surface area contributed by atoms with Crippen molar-refractivity contribution >= 4 is 60.4 Å². The van der Waals surface area contributed by atoms with Gasteiger partial charge in [0.2, 0.25) is 10.0 Å². The van der Waals surface area contributed by atoms with E-state index in [4.69, 9.17) is 4.74 Å². The van der Waals surface area contributed by atoms with Crippen LogP contribution in [-0.4, -0.2) is 48.9 Å². The Morgan fingerprint density at radius 2 is 1.50 bits per heavy atom. The maximum atomic E-state index is 12.6. The monoisotopic (exact) mass is 727 g/mol. The van der Waals surface area contributed by atoms with E-state index in [0.717, 1.165) is 34.1 Å². The van der Waals surface area contributed by atoms with Crippen molar-refractivity contribution in [1.29, 1.82) is 0 Å². The molecule has 0 fully saturated rings. The van der Waals surface area contributed by atoms with Crippen LogP contribution in [0.1, 0.15) is 75.0 Å². The van der Waals surface area contributed by atoms with Gasteiger partial charge in [0, 0.05) is 46.7 Å². The molecule has 1 N–H and O–H groups in total. The number of esters is 1. The van der Waals surface area contributed by atoms with Crippen LogP contribution in [0.5, 0.6) is 0 Å². The summed E-state index contributed by atoms with van der Waals surface area (Å²) in [6.07, 6.45) is 2.25. The first kappa shape index (κ1) is 33.7. The van der Waals surface area contributed by atoms with Gasteiger partial charge in [-0.3, -0.25) is 0 Å². The Morgan fingerprint density at radius 1 is 0.909 bits per heavy atom. The maximum Gasteiger partial charge on any atom is 0.355 e. The van der Waals surface area contributed by atoms with Gasteiger partial charge >= 0.3 is 5.97 Å². The predicted octanol–water partition coefficient (Wildman–Crippen LogP) is 8.77. The van der Waals surface area contributed by atoms with Crippen LogP contribution in [0, 0.1) is 3.57 Å². The fourth-order valence-electron chi connectivity index (χ4n) is 5.44. The fourth-order valence-corrected chi connectivity index (χ4v) is 7.12. The molecule has 0 atom stereocenters. The average molecular weight is 728 g/mol. The largest absolute Gasteiger partial charge is 0.461 e. The Morgan fingerprint density at radius 3 is 2.05 bits per heavy atom. The Hall–Kier alpha value is -3.15. The summed E-state index contributed by atoms with van der Waals surface area (Å²) < 4.78 is 34.9. The van der Waals surface area contributed by atoms with Crippen molar-refractivity contribution in [2.24, 2.45) is 0 Å². The Bertz CT molecular complexity index is 1880. The van der Waals surface area contributed by atoms with Gasteiger partial charge in [-0.1, -0.05) is 76.2 Å². The maximum absolute atomic E-state index is 12.6. The third-order valence-corrected chi connectivity index (χ3v) is 10.4. The molecule has 0 aliphatic carbocycles. The van der Waals surface area contributed by atoms with Crippen LogP contribution in [0.25, 0.3) is 32.9 Å². The van der Waals surface area contributed by atoms with Crippen molar-refractivity contribution in [3.63, 3.8) is 0 Å². The molecule has 2 aromatic heterocycles. The zero-order valence-electron chi connectivity index (χ0n) is 26.7. The van der Waals surface area contributed by atoms with Gasteiger partial charge in [0.25, 0.3) is 0 Å². The molecule has 7 nitrogen and oxygen atoms in total. The van der Waals surface area contributed by atoms with E-state index in [1.807, 2.05) is 18.2 Å². The lowest BCUT2D eigenvalue weighted by atomic mass is 9.97. The molecule has 5 rings (SSSR count). The van der Waals surface area contributed by atoms with Crippen molar-refractivity contribution in [3.05, 3.63) is 87.3 Å². The third kappa shape index (κ3) is 6.60. The number of aryl methyl sites for hydroxylation is 1. The molecule has 2 heterocycles. The highest BCUT2D eigenvalue weighted by molar-refractivity contribution is 14.1. The van der Waals surface area contributed by atoms with Crippen LogP contribution in [0.15, 0.2) is 71.8 Å². The van der Waals surface area contributed by atoms with Gasteiger partial charge < -0.3 is 14.3 Å². The number of benzene rings is 3. The molecular weight excluding hydrogens is 685 g/mol. The number of rotatable bonds is 8. The van der Waals surface area contributed by atoms with E-state index in [9.17, 15) is 13.2 Å². The highest BCUT2D eigenvalue weighted by atomic mass is 127. The van der Waals surface area contributed by atoms with E-state index >= 15 is 0 Å². The molecule has 0 saturated carbocycles. The summed E-state index contributed by atoms with van der Waals surface area (Å²) in [5.41, 5.74) is 6.71. The van der Waals surface area contributed by atoms with Gasteiger partial charge in [-0.05, 0) is 77.1 Å². The Labute approximate surface area is 274 Å². The number of nitrogens with one attached hydrogen (secondary N) is 1. The number of nitrogens with zero attached hydrogens (tertiary/aromatic N) is 2. The van der Waals surface area contributed by atoms with Gasteiger partial charge in [-0.25, -0.2) is 17.5 Å². The molecular formula is C35H42IN3O4S. The molecule has 3 aromatic carbocycles. The fraction of sp³-hybridized carbons (Fsp3) is 0.343. The number of carbonyl (C=O) groups is 1. The van der Waals surface area contributed by atoms with Crippen LogP contribution < -0.4 is 0 Å². The highest BCUT2D eigenvalue weighted by Crippen LogP contribution is 2.37. The number of aromatic amines is 1. The number of fused-ring (bicyclic) bond motifs is 2. The van der Waals surface area contributed by atoms with Gasteiger partial charge in [-0.2, -0.15) is 0 Å². The first-order valence-electron chi connectivity index (χ1n) is 14.9. The number of halogens is 1. The topological polar surface area (TPSA) is 84.4 Å². The number of sulfonamides is 1. The summed E-state index contributed by atoms with van der Waals surface area (Å²) >= 11 is 2.42. The number of para-hydroxylation sites is 2. The summed E-state index contributed by atoms with van der Waals surface area (Å²) in [5, 5.41) is 2.30. The molecule has 0 aliphatic heterocycles. The van der Waals surface area contributed by atoms with E-state index in [1.54, 1.807) is 31.2 Å². The number of hydrogen-bond acceptors (Lipinski definition) is 4. The normalized spacial score (nSPS) is 11.9. The number of aromatic nitrogens is 2. The summed E-state index contributed by atoms with van der Waals surface area (Å²) in [7, 11) is -0.534. The second-order valence-corrected chi connectivity index (χ2v) is 14.8. The van der Waals surface area contributed by atoms with E-state index in [1.165, 1.54) is 38.4 Å². The smallest absolute Gasteiger partial charge is 0.355 e. The van der Waals surface area contributed by atoms with Crippen LogP contribution >= 0.6 is 22.6 Å². The zero-order valence-corrected chi connectivity index (χ0v) is 29.7. The molecule has 0 unspecified atom stereocenters. The standard InChI is InChI=1S/C22H26N2O4S.C13H16IN/c1-6-28-22(25)21-19(18-9-7-8-17(14(2)3)20(18)23-21)15-10-12-16(13-11-15)29(26,27)24(4)5;1-4-15-8-12(14)11-7-5-6-10(9(2)3)13(11)15/h7-14,23H,6H2,1-5H3;5-9H,4H2,1-3H3. The summed E-state index contributed by atoms with van der Waals surface area (Å²) in [6, 6.07) is 19.2. The lowest BCUT2D eigenvalue weighted by Gasteiger charge is -2.12. The van der Waals surface area contributed by atoms with Gasteiger partial charge in [0.05, 0.1) is 22.5 Å². The number of hydrogen-bond donors (Lipinski definition) is 1. The molecule has 0 radical (unpaired) electrons. The molecule has 0 aliphatic rings. The SMILES string of the molecule is CCOC(=O)c1[nH]c2c(C(C)C)cccc2c1-c1ccc(S(=O)(=O)N(C)C)cc1.CCn1cc(I)c2cccc(C(C)C)c21. The molecule has 0 spiro atoms. The van der Waals surface area contributed by atoms with Crippen LogP contribution in [-0.2, 0) is 21.3 Å². The van der Waals surface area contributed by atoms with E-state index in [2.05, 4.69) is 91.2 Å². The first-order chi connectivity index (χ1) is 20.8. The molecule has 9 heteroatoms. The van der Waals surface area contributed by atoms with Gasteiger partial charge in [0.1, 0.15) is 5.69 Å². The molecule has 234 valence electrons. The number of ether oxygens (including phenoxy) is 1. The molecule has 0 saturated heterocycles. The second kappa shape index (κ2) is 13.9. The Balaban J connectivity index is 0.000000246. The second-order valence-electron chi connectivity index (χ2n) is 11.5. The summed E-state index contributed by atoms with van der Waals surface area (Å²) in [5.74, 6) is 0.427. The van der Waals surface area contributed by atoms with Crippen LogP contribution in [0.3, 0.4) is 0 Å². The van der Waals surface area contributed by atoms with Crippen molar-refractivity contribution in [3.8, 4) is 11.1 Å². The molecule has 44 heavy (non-hydrogen) atoms. The van der Waals surface area contributed by atoms with Crippen LogP contribution in [0.2, 0.25) is 0 Å². The Kier molecular flexibility index (Phi) is 10.6. The molecule has 5 aromatic rings. The van der Waals surface area contributed by atoms with Crippen molar-refractivity contribution in [2.45, 2.75) is 64.8 Å². The number of carbonyl (C=O) groups excluding carboxylic acids is 1. The zero-order chi connectivity index (χ0) is 32.3. The molecule has 0 amide bonds. The molecule has 0 bridgehead atoms. The van der Waals surface area contributed by atoms with Crippen molar-refractivity contribution in [1.82, 2.24) is 13.9 Å². The van der Waals surface area contributed by atoms with E-state index in [-0.39, 0.29) is 17.4 Å². The minimum atomic E-state index is -3.52. The summed E-state index contributed by atoms with van der Waals surface area (Å²) in [6.45, 7) is 14.0. The van der Waals surface area contributed by atoms with Crippen molar-refractivity contribution in [2.75, 3.05) is 20.7 Å². The van der Waals surface area contributed by atoms with Gasteiger partial charge in [0.15, 0.2) is 0 Å². The quantitative estimate of drug-likeness (QED) is 0.128. The van der Waals surface area contributed by atoms with Crippen molar-refractivity contribution < 1.29 is 17.9 Å². The predicted molar refractivity (Wildman–Crippen MR) is 189 cm³/mol. The minimum Gasteiger partial charge on any atom is -0.461 e. The van der Waals surface area contributed by atoms with Gasteiger partial charge in [-0.15, -0.1) is 0 Å². The minimum absolute atomic E-state index is 0.201. The number of H-pyrrole nitrogens is 1. The first-order valence-corrected chi connectivity index (χ1v) is 17.5. The average Bonchev–Trinajstić information content (AvgIpc) is 3.55.